The third-order valence-corrected chi connectivity index (χ3v) is 5.50. The molecule has 0 unspecified atom stereocenters. The Bertz CT molecular complexity index is 550. The van der Waals surface area contributed by atoms with Crippen molar-refractivity contribution in [1.29, 1.82) is 0 Å². The topological polar surface area (TPSA) is 49.8 Å². The summed E-state index contributed by atoms with van der Waals surface area (Å²) < 4.78 is 5.56. The Balaban J connectivity index is 2.17. The van der Waals surface area contributed by atoms with E-state index in [1.165, 1.54) is 6.42 Å². The fourth-order valence-electron chi connectivity index (χ4n) is 3.84. The molecule has 0 aliphatic heterocycles. The van der Waals surface area contributed by atoms with E-state index in [4.69, 9.17) is 4.74 Å². The van der Waals surface area contributed by atoms with Gasteiger partial charge in [-0.05, 0) is 38.4 Å². The summed E-state index contributed by atoms with van der Waals surface area (Å²) >= 11 is 0. The highest BCUT2D eigenvalue weighted by molar-refractivity contribution is 5.81. The van der Waals surface area contributed by atoms with Crippen LogP contribution in [-0.4, -0.2) is 42.2 Å². The average Bonchev–Trinajstić information content (AvgIpc) is 2.65. The summed E-state index contributed by atoms with van der Waals surface area (Å²) in [6.45, 7) is 9.05. The molecule has 1 aliphatic carbocycles. The second kappa shape index (κ2) is 9.35. The van der Waals surface area contributed by atoms with Crippen LogP contribution in [0.1, 0.15) is 57.1 Å². The van der Waals surface area contributed by atoms with Gasteiger partial charge in [-0.3, -0.25) is 0 Å². The molecule has 0 saturated heterocycles. The molecule has 1 aromatic carbocycles. The molecule has 25 heavy (non-hydrogen) atoms. The van der Waals surface area contributed by atoms with E-state index in [1.54, 1.807) is 0 Å². The molecule has 0 spiro atoms. The van der Waals surface area contributed by atoms with Gasteiger partial charge in [0.25, 0.3) is 0 Å². The van der Waals surface area contributed by atoms with E-state index in [9.17, 15) is 9.90 Å². The number of ether oxygens (including phenoxy) is 1. The molecule has 1 atom stereocenters. The van der Waals surface area contributed by atoms with Crippen molar-refractivity contribution in [1.82, 2.24) is 4.90 Å². The molecule has 4 heteroatoms. The van der Waals surface area contributed by atoms with Crippen LogP contribution in [0.2, 0.25) is 0 Å². The average molecular weight is 347 g/mol. The van der Waals surface area contributed by atoms with Crippen molar-refractivity contribution >= 4 is 5.97 Å². The first-order valence-electron chi connectivity index (χ1n) is 9.71. The third kappa shape index (κ3) is 4.83. The maximum Gasteiger partial charge on any atom is 0.343 e. The SMILES string of the molecule is CCN(CC)CCOC(=O)[C@](O)(c1cccc(C)c1)C1CCCCC1. The van der Waals surface area contributed by atoms with E-state index in [0.717, 1.165) is 44.3 Å². The molecular weight excluding hydrogens is 314 g/mol. The van der Waals surface area contributed by atoms with Gasteiger partial charge in [0.05, 0.1) is 0 Å². The lowest BCUT2D eigenvalue weighted by atomic mass is 9.73. The summed E-state index contributed by atoms with van der Waals surface area (Å²) in [6.07, 6.45) is 5.04. The Kier molecular flexibility index (Phi) is 7.45. The number of hydrogen-bond donors (Lipinski definition) is 1. The molecule has 0 heterocycles. The Labute approximate surface area is 152 Å². The molecule has 2 rings (SSSR count). The van der Waals surface area contributed by atoms with Gasteiger partial charge in [-0.2, -0.15) is 0 Å². The monoisotopic (exact) mass is 347 g/mol. The van der Waals surface area contributed by atoms with Crippen LogP contribution in [0.15, 0.2) is 24.3 Å². The maximum atomic E-state index is 12.9. The van der Waals surface area contributed by atoms with Gasteiger partial charge in [0, 0.05) is 12.5 Å². The number of nitrogens with zero attached hydrogens (tertiary/aromatic N) is 1. The Morgan fingerprint density at radius 1 is 1.24 bits per heavy atom. The van der Waals surface area contributed by atoms with Crippen LogP contribution < -0.4 is 0 Å². The van der Waals surface area contributed by atoms with Gasteiger partial charge in [0.2, 0.25) is 0 Å². The minimum absolute atomic E-state index is 0.0657. The number of hydrogen-bond acceptors (Lipinski definition) is 4. The predicted molar refractivity (Wildman–Crippen MR) is 100 cm³/mol. The third-order valence-electron chi connectivity index (χ3n) is 5.50. The largest absolute Gasteiger partial charge is 0.462 e. The summed E-state index contributed by atoms with van der Waals surface area (Å²) in [5.41, 5.74) is 0.185. The van der Waals surface area contributed by atoms with Gasteiger partial charge in [0.1, 0.15) is 6.61 Å². The molecule has 0 amide bonds. The van der Waals surface area contributed by atoms with Gasteiger partial charge in [-0.25, -0.2) is 4.79 Å². The molecular formula is C21H33NO3. The number of likely N-dealkylation sites (N-methyl/N-ethyl adjacent to an activating group) is 1. The van der Waals surface area contributed by atoms with E-state index in [0.29, 0.717) is 18.7 Å². The Morgan fingerprint density at radius 2 is 1.92 bits per heavy atom. The quantitative estimate of drug-likeness (QED) is 0.729. The molecule has 140 valence electrons. The second-order valence-corrected chi connectivity index (χ2v) is 7.13. The van der Waals surface area contributed by atoms with Crippen LogP contribution in [0, 0.1) is 12.8 Å². The van der Waals surface area contributed by atoms with Crippen molar-refractivity contribution in [3.8, 4) is 0 Å². The second-order valence-electron chi connectivity index (χ2n) is 7.13. The van der Waals surface area contributed by atoms with Crippen molar-refractivity contribution in [2.24, 2.45) is 5.92 Å². The molecule has 0 aromatic heterocycles. The molecule has 4 nitrogen and oxygen atoms in total. The Hall–Kier alpha value is -1.39. The zero-order chi connectivity index (χ0) is 18.3. The first kappa shape index (κ1) is 19.9. The van der Waals surface area contributed by atoms with E-state index in [2.05, 4.69) is 18.7 Å². The zero-order valence-corrected chi connectivity index (χ0v) is 16.0. The highest BCUT2D eigenvalue weighted by Gasteiger charge is 2.47. The number of rotatable bonds is 8. The smallest absolute Gasteiger partial charge is 0.343 e. The standard InChI is InChI=1S/C21H33NO3/c1-4-22(5-2)14-15-25-20(23)21(24,18-11-7-6-8-12-18)19-13-9-10-17(3)16-19/h9-10,13,16,18,24H,4-8,11-12,14-15H2,1-3H3/t21-/m1/s1. The van der Waals surface area contributed by atoms with Crippen LogP contribution in [0.4, 0.5) is 0 Å². The van der Waals surface area contributed by atoms with Gasteiger partial charge in [0.15, 0.2) is 5.60 Å². The summed E-state index contributed by atoms with van der Waals surface area (Å²) in [6, 6.07) is 7.66. The maximum absolute atomic E-state index is 12.9. The van der Waals surface area contributed by atoms with Gasteiger partial charge < -0.3 is 14.7 Å². The van der Waals surface area contributed by atoms with Crippen molar-refractivity contribution in [3.63, 3.8) is 0 Å². The molecule has 1 aromatic rings. The summed E-state index contributed by atoms with van der Waals surface area (Å²) in [4.78, 5) is 15.2. The van der Waals surface area contributed by atoms with Crippen molar-refractivity contribution in [2.45, 2.75) is 58.5 Å². The number of aryl methyl sites for hydroxylation is 1. The number of aliphatic hydroxyl groups is 1. The summed E-state index contributed by atoms with van der Waals surface area (Å²) in [7, 11) is 0. The van der Waals surface area contributed by atoms with E-state index in [-0.39, 0.29) is 5.92 Å². The zero-order valence-electron chi connectivity index (χ0n) is 16.0. The lowest BCUT2D eigenvalue weighted by Crippen LogP contribution is -2.46. The fourth-order valence-corrected chi connectivity index (χ4v) is 3.84. The van der Waals surface area contributed by atoms with Crippen molar-refractivity contribution in [2.75, 3.05) is 26.2 Å². The van der Waals surface area contributed by atoms with E-state index < -0.39 is 11.6 Å². The lowest BCUT2D eigenvalue weighted by Gasteiger charge is -2.37. The molecule has 1 N–H and O–H groups in total. The minimum Gasteiger partial charge on any atom is -0.462 e. The molecule has 1 aliphatic rings. The van der Waals surface area contributed by atoms with Gasteiger partial charge in [-0.1, -0.05) is 62.9 Å². The highest BCUT2D eigenvalue weighted by atomic mass is 16.5. The van der Waals surface area contributed by atoms with E-state index in [1.807, 2.05) is 31.2 Å². The van der Waals surface area contributed by atoms with Crippen LogP contribution in [0.5, 0.6) is 0 Å². The molecule has 1 saturated carbocycles. The fraction of sp³-hybridized carbons (Fsp3) is 0.667. The first-order valence-corrected chi connectivity index (χ1v) is 9.71. The summed E-state index contributed by atoms with van der Waals surface area (Å²) in [5, 5.41) is 11.5. The van der Waals surface area contributed by atoms with E-state index >= 15 is 0 Å². The number of esters is 1. The first-order chi connectivity index (χ1) is 12.0. The number of carbonyl (C=O) groups is 1. The van der Waals surface area contributed by atoms with Crippen LogP contribution in [-0.2, 0) is 15.1 Å². The molecule has 0 radical (unpaired) electrons. The van der Waals surface area contributed by atoms with Crippen molar-refractivity contribution in [3.05, 3.63) is 35.4 Å². The van der Waals surface area contributed by atoms with Crippen molar-refractivity contribution < 1.29 is 14.6 Å². The van der Waals surface area contributed by atoms with Crippen LogP contribution in [0.3, 0.4) is 0 Å². The van der Waals surface area contributed by atoms with Crippen LogP contribution in [0.25, 0.3) is 0 Å². The number of benzene rings is 1. The highest BCUT2D eigenvalue weighted by Crippen LogP contribution is 2.40. The molecule has 1 fully saturated rings. The minimum atomic E-state index is -1.53. The number of carbonyl (C=O) groups excluding carboxylic acids is 1. The van der Waals surface area contributed by atoms with Gasteiger partial charge >= 0.3 is 5.97 Å². The normalized spacial score (nSPS) is 18.1. The van der Waals surface area contributed by atoms with Crippen LogP contribution >= 0.6 is 0 Å². The van der Waals surface area contributed by atoms with Gasteiger partial charge in [-0.15, -0.1) is 0 Å². The summed E-state index contributed by atoms with van der Waals surface area (Å²) in [5.74, 6) is -0.554. The lowest BCUT2D eigenvalue weighted by molar-refractivity contribution is -0.176. The Morgan fingerprint density at radius 3 is 2.52 bits per heavy atom. The molecule has 0 bridgehead atoms. The predicted octanol–water partition coefficient (Wildman–Crippen LogP) is 3.65.